The number of halogens is 2. The van der Waals surface area contributed by atoms with E-state index in [0.717, 1.165) is 11.6 Å². The van der Waals surface area contributed by atoms with E-state index in [0.29, 0.717) is 16.6 Å². The monoisotopic (exact) mass is 289 g/mol. The van der Waals surface area contributed by atoms with Gasteiger partial charge in [0.05, 0.1) is 17.1 Å². The number of H-pyrrole nitrogens is 2. The first-order valence-electron chi connectivity index (χ1n) is 6.42. The van der Waals surface area contributed by atoms with Gasteiger partial charge in [0.1, 0.15) is 11.6 Å². The van der Waals surface area contributed by atoms with Gasteiger partial charge in [-0.25, -0.2) is 13.6 Å². The normalized spacial score (nSPS) is 12.7. The maximum Gasteiger partial charge on any atom is 0.323 e. The van der Waals surface area contributed by atoms with Crippen molar-refractivity contribution in [2.45, 2.75) is 6.04 Å². The van der Waals surface area contributed by atoms with Crippen molar-refractivity contribution in [3.05, 3.63) is 69.6 Å². The SMILES string of the molecule is CNC(c1cc(F)cc(F)c1)c1ccc2[nH]c(=O)[nH]c2c1. The van der Waals surface area contributed by atoms with Crippen LogP contribution in [0.2, 0.25) is 0 Å². The van der Waals surface area contributed by atoms with Crippen LogP contribution in [0.4, 0.5) is 8.78 Å². The largest absolute Gasteiger partial charge is 0.323 e. The fourth-order valence-electron chi connectivity index (χ4n) is 2.50. The van der Waals surface area contributed by atoms with Crippen molar-refractivity contribution in [3.8, 4) is 0 Å². The summed E-state index contributed by atoms with van der Waals surface area (Å²) >= 11 is 0. The first kappa shape index (κ1) is 13.5. The van der Waals surface area contributed by atoms with E-state index in [1.54, 1.807) is 25.2 Å². The fourth-order valence-corrected chi connectivity index (χ4v) is 2.50. The van der Waals surface area contributed by atoms with E-state index in [4.69, 9.17) is 0 Å². The second-order valence-electron chi connectivity index (χ2n) is 4.81. The molecule has 0 spiro atoms. The lowest BCUT2D eigenvalue weighted by Crippen LogP contribution is -2.18. The summed E-state index contributed by atoms with van der Waals surface area (Å²) < 4.78 is 26.8. The molecule has 2 aromatic carbocycles. The Kier molecular flexibility index (Phi) is 3.31. The molecule has 3 aromatic rings. The molecular weight excluding hydrogens is 276 g/mol. The molecule has 0 amide bonds. The van der Waals surface area contributed by atoms with Gasteiger partial charge < -0.3 is 15.3 Å². The third-order valence-corrected chi connectivity index (χ3v) is 3.38. The molecule has 0 radical (unpaired) electrons. The summed E-state index contributed by atoms with van der Waals surface area (Å²) in [6.07, 6.45) is 0. The Bertz CT molecular complexity index is 833. The van der Waals surface area contributed by atoms with Crippen LogP contribution < -0.4 is 11.0 Å². The fraction of sp³-hybridized carbons (Fsp3) is 0.133. The van der Waals surface area contributed by atoms with Crippen LogP contribution >= 0.6 is 0 Å². The van der Waals surface area contributed by atoms with Crippen molar-refractivity contribution in [1.82, 2.24) is 15.3 Å². The highest BCUT2D eigenvalue weighted by molar-refractivity contribution is 5.75. The number of imidazole rings is 1. The number of rotatable bonds is 3. The zero-order valence-electron chi connectivity index (χ0n) is 11.2. The van der Waals surface area contributed by atoms with Crippen molar-refractivity contribution in [2.24, 2.45) is 0 Å². The van der Waals surface area contributed by atoms with Crippen LogP contribution in [0.25, 0.3) is 11.0 Å². The average molecular weight is 289 g/mol. The zero-order chi connectivity index (χ0) is 15.0. The van der Waals surface area contributed by atoms with Gasteiger partial charge in [0.2, 0.25) is 0 Å². The first-order valence-corrected chi connectivity index (χ1v) is 6.42. The van der Waals surface area contributed by atoms with Crippen molar-refractivity contribution in [2.75, 3.05) is 7.05 Å². The maximum atomic E-state index is 13.4. The predicted molar refractivity (Wildman–Crippen MR) is 76.2 cm³/mol. The molecule has 3 N–H and O–H groups in total. The van der Waals surface area contributed by atoms with Gasteiger partial charge in [-0.2, -0.15) is 0 Å². The average Bonchev–Trinajstić information content (AvgIpc) is 2.78. The van der Waals surface area contributed by atoms with E-state index >= 15 is 0 Å². The van der Waals surface area contributed by atoms with Crippen molar-refractivity contribution in [3.63, 3.8) is 0 Å². The highest BCUT2D eigenvalue weighted by atomic mass is 19.1. The van der Waals surface area contributed by atoms with Gasteiger partial charge in [-0.1, -0.05) is 6.07 Å². The number of fused-ring (bicyclic) bond motifs is 1. The van der Waals surface area contributed by atoms with Gasteiger partial charge in [0, 0.05) is 6.07 Å². The Labute approximate surface area is 118 Å². The van der Waals surface area contributed by atoms with Crippen molar-refractivity contribution in [1.29, 1.82) is 0 Å². The molecular formula is C15H13F2N3O. The summed E-state index contributed by atoms with van der Waals surface area (Å²) in [5.74, 6) is -1.25. The summed E-state index contributed by atoms with van der Waals surface area (Å²) in [7, 11) is 1.71. The zero-order valence-corrected chi connectivity index (χ0v) is 11.2. The Morgan fingerprint density at radius 2 is 1.62 bits per heavy atom. The second kappa shape index (κ2) is 5.14. The van der Waals surface area contributed by atoms with Gasteiger partial charge in [-0.05, 0) is 42.4 Å². The maximum absolute atomic E-state index is 13.4. The molecule has 1 heterocycles. The molecule has 0 fully saturated rings. The van der Waals surface area contributed by atoms with E-state index in [1.807, 2.05) is 0 Å². The van der Waals surface area contributed by atoms with Crippen LogP contribution in [0.15, 0.2) is 41.2 Å². The van der Waals surface area contributed by atoms with E-state index in [2.05, 4.69) is 15.3 Å². The number of hydrogen-bond donors (Lipinski definition) is 3. The molecule has 0 aliphatic carbocycles. The van der Waals surface area contributed by atoms with E-state index in [9.17, 15) is 13.6 Å². The molecule has 0 aliphatic rings. The van der Waals surface area contributed by atoms with Crippen LogP contribution in [0.5, 0.6) is 0 Å². The number of aromatic nitrogens is 2. The molecule has 108 valence electrons. The first-order chi connectivity index (χ1) is 10.1. The van der Waals surface area contributed by atoms with Crippen molar-refractivity contribution < 1.29 is 8.78 Å². The quantitative estimate of drug-likeness (QED) is 0.693. The Balaban J connectivity index is 2.10. The predicted octanol–water partition coefficient (Wildman–Crippen LogP) is 2.44. The van der Waals surface area contributed by atoms with E-state index in [1.165, 1.54) is 12.1 Å². The van der Waals surface area contributed by atoms with E-state index < -0.39 is 11.6 Å². The van der Waals surface area contributed by atoms with E-state index in [-0.39, 0.29) is 11.7 Å². The van der Waals surface area contributed by atoms with Gasteiger partial charge >= 0.3 is 5.69 Å². The summed E-state index contributed by atoms with van der Waals surface area (Å²) in [6.45, 7) is 0. The number of aromatic amines is 2. The molecule has 0 aliphatic heterocycles. The lowest BCUT2D eigenvalue weighted by atomic mass is 9.98. The van der Waals surface area contributed by atoms with Crippen molar-refractivity contribution >= 4 is 11.0 Å². The number of benzene rings is 2. The summed E-state index contributed by atoms with van der Waals surface area (Å²) in [6, 6.07) is 8.36. The Morgan fingerprint density at radius 3 is 2.29 bits per heavy atom. The van der Waals surface area contributed by atoms with Crippen LogP contribution in [0, 0.1) is 11.6 Å². The third kappa shape index (κ3) is 2.57. The minimum absolute atomic E-state index is 0.292. The van der Waals surface area contributed by atoms with Gasteiger partial charge in [0.25, 0.3) is 0 Å². The molecule has 6 heteroatoms. The molecule has 0 saturated heterocycles. The molecule has 3 rings (SSSR count). The molecule has 1 atom stereocenters. The van der Waals surface area contributed by atoms with Crippen LogP contribution in [0.1, 0.15) is 17.2 Å². The van der Waals surface area contributed by atoms with Crippen LogP contribution in [-0.4, -0.2) is 17.0 Å². The number of hydrogen-bond acceptors (Lipinski definition) is 2. The highest BCUT2D eigenvalue weighted by Gasteiger charge is 2.15. The smallest absolute Gasteiger partial charge is 0.309 e. The summed E-state index contributed by atoms with van der Waals surface area (Å²) in [5.41, 5.74) is 2.32. The highest BCUT2D eigenvalue weighted by Crippen LogP contribution is 2.25. The minimum Gasteiger partial charge on any atom is -0.309 e. The third-order valence-electron chi connectivity index (χ3n) is 3.38. The summed E-state index contributed by atoms with van der Waals surface area (Å²) in [5, 5.41) is 3.03. The van der Waals surface area contributed by atoms with Crippen LogP contribution in [0.3, 0.4) is 0 Å². The lowest BCUT2D eigenvalue weighted by Gasteiger charge is -2.17. The Hall–Kier alpha value is -2.47. The summed E-state index contributed by atoms with van der Waals surface area (Å²) in [4.78, 5) is 16.6. The lowest BCUT2D eigenvalue weighted by molar-refractivity contribution is 0.572. The second-order valence-corrected chi connectivity index (χ2v) is 4.81. The topological polar surface area (TPSA) is 60.7 Å². The molecule has 1 aromatic heterocycles. The molecule has 1 unspecified atom stereocenters. The Morgan fingerprint density at radius 1 is 0.952 bits per heavy atom. The molecule has 4 nitrogen and oxygen atoms in total. The molecule has 0 saturated carbocycles. The van der Waals surface area contributed by atoms with Gasteiger partial charge in [-0.15, -0.1) is 0 Å². The van der Waals surface area contributed by atoms with Crippen LogP contribution in [-0.2, 0) is 0 Å². The van der Waals surface area contributed by atoms with Gasteiger partial charge in [-0.3, -0.25) is 0 Å². The standard InChI is InChI=1S/C15H13F2N3O/c1-18-14(9-4-10(16)7-11(17)5-9)8-2-3-12-13(6-8)20-15(21)19-12/h2-7,14,18H,1H3,(H2,19,20,21). The molecule has 21 heavy (non-hydrogen) atoms. The minimum atomic E-state index is -0.624. The van der Waals surface area contributed by atoms with Gasteiger partial charge in [0.15, 0.2) is 0 Å². The molecule has 0 bridgehead atoms. The number of nitrogens with one attached hydrogen (secondary N) is 3.